The van der Waals surface area contributed by atoms with E-state index in [4.69, 9.17) is 0 Å². The molecule has 1 saturated carbocycles. The van der Waals surface area contributed by atoms with Crippen LogP contribution >= 0.6 is 11.8 Å². The number of nitrogens with zero attached hydrogens (tertiary/aromatic N) is 3. The van der Waals surface area contributed by atoms with E-state index in [2.05, 4.69) is 32.3 Å². The first-order valence-electron chi connectivity index (χ1n) is 8.31. The van der Waals surface area contributed by atoms with Gasteiger partial charge in [0, 0.05) is 19.0 Å². The molecule has 0 saturated heterocycles. The van der Waals surface area contributed by atoms with Gasteiger partial charge < -0.3 is 5.32 Å². The predicted molar refractivity (Wildman–Crippen MR) is 89.7 cm³/mol. The Morgan fingerprint density at radius 2 is 2.32 bits per heavy atom. The Kier molecular flexibility index (Phi) is 5.41. The van der Waals surface area contributed by atoms with Crippen molar-refractivity contribution >= 4 is 17.7 Å². The van der Waals surface area contributed by atoms with Crippen LogP contribution in [0.25, 0.3) is 0 Å². The van der Waals surface area contributed by atoms with Crippen LogP contribution in [0.3, 0.4) is 0 Å². The van der Waals surface area contributed by atoms with Crippen molar-refractivity contribution in [3.63, 3.8) is 0 Å². The van der Waals surface area contributed by atoms with Crippen LogP contribution in [0, 0.1) is 5.92 Å². The van der Waals surface area contributed by atoms with E-state index in [0.717, 1.165) is 38.2 Å². The molecular formula is C16H26N4OS. The molecule has 0 aromatic carbocycles. The van der Waals surface area contributed by atoms with E-state index < -0.39 is 0 Å². The Morgan fingerprint density at radius 3 is 3.05 bits per heavy atom. The highest BCUT2D eigenvalue weighted by atomic mass is 32.2. The van der Waals surface area contributed by atoms with Crippen molar-refractivity contribution in [2.45, 2.75) is 45.3 Å². The quantitative estimate of drug-likeness (QED) is 0.779. The van der Waals surface area contributed by atoms with E-state index in [-0.39, 0.29) is 11.8 Å². The number of carbonyl (C=O) groups is 1. The molecule has 1 aliphatic carbocycles. The largest absolute Gasteiger partial charge is 0.350 e. The van der Waals surface area contributed by atoms with Gasteiger partial charge in [-0.05, 0) is 43.9 Å². The maximum atomic E-state index is 11.9. The number of thioether (sulfide) groups is 1. The lowest BCUT2D eigenvalue weighted by molar-refractivity contribution is -0.127. The second-order valence-corrected chi connectivity index (χ2v) is 7.30. The molecule has 0 atom stereocenters. The molecule has 1 aromatic rings. The fourth-order valence-electron chi connectivity index (χ4n) is 3.08. The van der Waals surface area contributed by atoms with Gasteiger partial charge in [-0.2, -0.15) is 16.9 Å². The number of amides is 1. The van der Waals surface area contributed by atoms with Gasteiger partial charge in [-0.1, -0.05) is 6.42 Å². The Labute approximate surface area is 136 Å². The third-order valence-electron chi connectivity index (χ3n) is 4.67. The number of rotatable bonds is 7. The van der Waals surface area contributed by atoms with Crippen molar-refractivity contribution in [3.8, 4) is 0 Å². The highest BCUT2D eigenvalue weighted by Gasteiger charge is 2.25. The van der Waals surface area contributed by atoms with Gasteiger partial charge in [0.2, 0.25) is 5.91 Å². The molecule has 0 bridgehead atoms. The normalized spacial score (nSPS) is 18.8. The van der Waals surface area contributed by atoms with Crippen molar-refractivity contribution in [1.82, 2.24) is 20.0 Å². The number of fused-ring (bicyclic) bond motifs is 1. The SMILES string of the molecule is CSCCCN1CCn2nc(CNC(=O)C3CCC3)cc2C1. The highest BCUT2D eigenvalue weighted by Crippen LogP contribution is 2.26. The Balaban J connectivity index is 1.48. The standard InChI is InChI=1S/C16H26N4OS/c1-22-9-3-6-19-7-8-20-15(12-19)10-14(18-20)11-17-16(21)13-4-2-5-13/h10,13H,2-9,11-12H2,1H3,(H,17,21). The molecule has 1 aliphatic heterocycles. The molecule has 0 spiro atoms. The number of hydrogen-bond donors (Lipinski definition) is 1. The maximum Gasteiger partial charge on any atom is 0.223 e. The lowest BCUT2D eigenvalue weighted by atomic mass is 9.85. The molecule has 0 unspecified atom stereocenters. The molecule has 122 valence electrons. The van der Waals surface area contributed by atoms with Crippen molar-refractivity contribution < 1.29 is 4.79 Å². The van der Waals surface area contributed by atoms with Crippen LogP contribution in [0.4, 0.5) is 0 Å². The molecular weight excluding hydrogens is 296 g/mol. The van der Waals surface area contributed by atoms with Crippen molar-refractivity contribution in [3.05, 3.63) is 17.5 Å². The van der Waals surface area contributed by atoms with Gasteiger partial charge >= 0.3 is 0 Å². The Bertz CT molecular complexity index is 512. The van der Waals surface area contributed by atoms with Gasteiger partial charge in [0.05, 0.1) is 24.5 Å². The summed E-state index contributed by atoms with van der Waals surface area (Å²) in [4.78, 5) is 14.4. The highest BCUT2D eigenvalue weighted by molar-refractivity contribution is 7.98. The van der Waals surface area contributed by atoms with E-state index in [1.54, 1.807) is 0 Å². The monoisotopic (exact) mass is 322 g/mol. The smallest absolute Gasteiger partial charge is 0.223 e. The summed E-state index contributed by atoms with van der Waals surface area (Å²) in [5.74, 6) is 1.69. The van der Waals surface area contributed by atoms with E-state index in [0.29, 0.717) is 6.54 Å². The van der Waals surface area contributed by atoms with Gasteiger partial charge in [0.15, 0.2) is 0 Å². The van der Waals surface area contributed by atoms with E-state index in [1.165, 1.54) is 30.8 Å². The van der Waals surface area contributed by atoms with Crippen molar-refractivity contribution in [1.29, 1.82) is 0 Å². The molecule has 1 amide bonds. The van der Waals surface area contributed by atoms with Crippen molar-refractivity contribution in [2.75, 3.05) is 25.1 Å². The molecule has 0 radical (unpaired) electrons. The lowest BCUT2D eigenvalue weighted by Gasteiger charge is -2.27. The fraction of sp³-hybridized carbons (Fsp3) is 0.750. The first-order valence-corrected chi connectivity index (χ1v) is 9.70. The molecule has 3 rings (SSSR count). The molecule has 5 nitrogen and oxygen atoms in total. The number of hydrogen-bond acceptors (Lipinski definition) is 4. The average molecular weight is 322 g/mol. The minimum atomic E-state index is 0.205. The topological polar surface area (TPSA) is 50.2 Å². The fourth-order valence-corrected chi connectivity index (χ4v) is 3.50. The van der Waals surface area contributed by atoms with Gasteiger partial charge in [0.25, 0.3) is 0 Å². The van der Waals surface area contributed by atoms with Gasteiger partial charge in [0.1, 0.15) is 0 Å². The summed E-state index contributed by atoms with van der Waals surface area (Å²) in [5, 5.41) is 7.66. The van der Waals surface area contributed by atoms with E-state index >= 15 is 0 Å². The number of carbonyl (C=O) groups excluding carboxylic acids is 1. The molecule has 1 N–H and O–H groups in total. The molecule has 22 heavy (non-hydrogen) atoms. The van der Waals surface area contributed by atoms with Crippen molar-refractivity contribution in [2.24, 2.45) is 5.92 Å². The molecule has 2 aliphatic rings. The molecule has 1 aromatic heterocycles. The zero-order valence-corrected chi connectivity index (χ0v) is 14.2. The number of aromatic nitrogens is 2. The van der Waals surface area contributed by atoms with Crippen LogP contribution in [0.5, 0.6) is 0 Å². The summed E-state index contributed by atoms with van der Waals surface area (Å²) in [6, 6.07) is 2.15. The van der Waals surface area contributed by atoms with Crippen LogP contribution in [0.15, 0.2) is 6.07 Å². The average Bonchev–Trinajstić information content (AvgIpc) is 2.86. The van der Waals surface area contributed by atoms with Crippen LogP contribution in [-0.4, -0.2) is 45.7 Å². The lowest BCUT2D eigenvalue weighted by Crippen LogP contribution is -2.34. The molecule has 2 heterocycles. The van der Waals surface area contributed by atoms with Crippen LogP contribution < -0.4 is 5.32 Å². The first-order chi connectivity index (χ1) is 10.8. The summed E-state index contributed by atoms with van der Waals surface area (Å²) in [5.41, 5.74) is 2.27. The summed E-state index contributed by atoms with van der Waals surface area (Å²) >= 11 is 1.91. The van der Waals surface area contributed by atoms with E-state index in [9.17, 15) is 4.79 Å². The van der Waals surface area contributed by atoms with Gasteiger partial charge in [-0.15, -0.1) is 0 Å². The molecule has 1 fully saturated rings. The third-order valence-corrected chi connectivity index (χ3v) is 5.37. The van der Waals surface area contributed by atoms with E-state index in [1.807, 2.05) is 11.8 Å². The zero-order valence-electron chi connectivity index (χ0n) is 13.4. The van der Waals surface area contributed by atoms with Gasteiger partial charge in [-0.25, -0.2) is 0 Å². The third kappa shape index (κ3) is 3.84. The van der Waals surface area contributed by atoms with Crippen LogP contribution in [-0.2, 0) is 24.4 Å². The minimum Gasteiger partial charge on any atom is -0.350 e. The second kappa shape index (κ2) is 7.51. The first kappa shape index (κ1) is 15.9. The summed E-state index contributed by atoms with van der Waals surface area (Å²) < 4.78 is 2.11. The zero-order chi connectivity index (χ0) is 15.4. The molecule has 6 heteroatoms. The van der Waals surface area contributed by atoms with Gasteiger partial charge in [-0.3, -0.25) is 14.4 Å². The number of nitrogens with one attached hydrogen (secondary N) is 1. The Morgan fingerprint density at radius 1 is 1.45 bits per heavy atom. The van der Waals surface area contributed by atoms with Crippen LogP contribution in [0.1, 0.15) is 37.1 Å². The van der Waals surface area contributed by atoms with Crippen LogP contribution in [0.2, 0.25) is 0 Å². The maximum absolute atomic E-state index is 11.9. The minimum absolute atomic E-state index is 0.205. The summed E-state index contributed by atoms with van der Waals surface area (Å²) in [6.45, 7) is 4.77. The summed E-state index contributed by atoms with van der Waals surface area (Å²) in [7, 11) is 0. The summed E-state index contributed by atoms with van der Waals surface area (Å²) in [6.07, 6.45) is 6.71. The second-order valence-electron chi connectivity index (χ2n) is 6.32. The Hall–Kier alpha value is -1.01. The predicted octanol–water partition coefficient (Wildman–Crippen LogP) is 1.87.